The average Bonchev–Trinajstić information content (AvgIpc) is 1.90. The molecule has 0 N–H and O–H groups in total. The molecule has 0 fully saturated rings. The fourth-order valence-corrected chi connectivity index (χ4v) is 0.510. The largest absolute Gasteiger partial charge is 0.248 e. The third-order valence-corrected chi connectivity index (χ3v) is 0.942. The molecule has 45 valence electrons. The van der Waals surface area contributed by atoms with Crippen molar-refractivity contribution in [3.8, 4) is 0 Å². The SMILES string of the molecule is FCc1cc[c-]cc1.[Y]. The average molecular weight is 198 g/mol. The summed E-state index contributed by atoms with van der Waals surface area (Å²) in [5.41, 5.74) is 0.712. The summed E-state index contributed by atoms with van der Waals surface area (Å²) < 4.78 is 11.7. The van der Waals surface area contributed by atoms with E-state index in [1.54, 1.807) is 24.3 Å². The van der Waals surface area contributed by atoms with Crippen molar-refractivity contribution in [1.29, 1.82) is 0 Å². The minimum atomic E-state index is -0.380. The van der Waals surface area contributed by atoms with Gasteiger partial charge in [0, 0.05) is 32.7 Å². The van der Waals surface area contributed by atoms with Gasteiger partial charge >= 0.3 is 0 Å². The van der Waals surface area contributed by atoms with Crippen LogP contribution in [0.2, 0.25) is 0 Å². The van der Waals surface area contributed by atoms with Crippen LogP contribution in [0.5, 0.6) is 0 Å². The monoisotopic (exact) mass is 198 g/mol. The molecule has 1 aromatic carbocycles. The van der Waals surface area contributed by atoms with Gasteiger partial charge in [0.1, 0.15) is 0 Å². The van der Waals surface area contributed by atoms with Gasteiger partial charge < -0.3 is 0 Å². The summed E-state index contributed by atoms with van der Waals surface area (Å²) in [6, 6.07) is 9.62. The smallest absolute Gasteiger partial charge is 0.0926 e. The first kappa shape index (κ1) is 9.25. The molecule has 0 amide bonds. The molecule has 0 nitrogen and oxygen atoms in total. The number of halogens is 1. The predicted molar refractivity (Wildman–Crippen MR) is 30.1 cm³/mol. The summed E-state index contributed by atoms with van der Waals surface area (Å²) in [6.07, 6.45) is 0. The van der Waals surface area contributed by atoms with Crippen molar-refractivity contribution in [3.05, 3.63) is 35.9 Å². The van der Waals surface area contributed by atoms with E-state index in [1.807, 2.05) is 0 Å². The topological polar surface area (TPSA) is 0 Å². The van der Waals surface area contributed by atoms with E-state index in [-0.39, 0.29) is 39.4 Å². The van der Waals surface area contributed by atoms with Crippen molar-refractivity contribution in [3.63, 3.8) is 0 Å². The minimum Gasteiger partial charge on any atom is -0.248 e. The molecule has 0 aromatic heterocycles. The normalized spacial score (nSPS) is 8.11. The van der Waals surface area contributed by atoms with Gasteiger partial charge in [-0.15, -0.1) is 5.56 Å². The number of hydrogen-bond acceptors (Lipinski definition) is 0. The first-order valence-electron chi connectivity index (χ1n) is 2.44. The molecule has 0 aliphatic heterocycles. The Hall–Kier alpha value is 0.254. The van der Waals surface area contributed by atoms with Gasteiger partial charge in [0.25, 0.3) is 0 Å². The van der Waals surface area contributed by atoms with Gasteiger partial charge in [0.15, 0.2) is 0 Å². The van der Waals surface area contributed by atoms with Gasteiger partial charge in [-0.25, -0.2) is 4.39 Å². The third-order valence-electron chi connectivity index (χ3n) is 0.942. The quantitative estimate of drug-likeness (QED) is 0.605. The first-order valence-corrected chi connectivity index (χ1v) is 2.44. The summed E-state index contributed by atoms with van der Waals surface area (Å²) >= 11 is 0. The van der Waals surface area contributed by atoms with Gasteiger partial charge in [0.2, 0.25) is 0 Å². The summed E-state index contributed by atoms with van der Waals surface area (Å²) in [4.78, 5) is 0. The number of benzene rings is 1. The van der Waals surface area contributed by atoms with Crippen molar-refractivity contribution in [2.24, 2.45) is 0 Å². The molecule has 1 radical (unpaired) electrons. The molecule has 0 spiro atoms. The van der Waals surface area contributed by atoms with Crippen LogP contribution in [0.15, 0.2) is 24.3 Å². The van der Waals surface area contributed by atoms with Crippen LogP contribution in [0.3, 0.4) is 0 Å². The van der Waals surface area contributed by atoms with Crippen LogP contribution in [-0.2, 0) is 39.4 Å². The Kier molecular flexibility index (Phi) is 5.21. The molecule has 9 heavy (non-hydrogen) atoms. The molecule has 0 saturated heterocycles. The number of hydrogen-bond donors (Lipinski definition) is 0. The number of rotatable bonds is 1. The molecule has 0 saturated carbocycles. The van der Waals surface area contributed by atoms with Gasteiger partial charge in [-0.05, 0) is 0 Å². The van der Waals surface area contributed by atoms with Gasteiger partial charge in [-0.1, -0.05) is 0 Å². The zero-order valence-corrected chi connectivity index (χ0v) is 7.81. The molecule has 0 aliphatic carbocycles. The van der Waals surface area contributed by atoms with E-state index in [9.17, 15) is 4.39 Å². The molecule has 0 atom stereocenters. The van der Waals surface area contributed by atoms with Crippen LogP contribution in [0.4, 0.5) is 4.39 Å². The van der Waals surface area contributed by atoms with Crippen LogP contribution in [0, 0.1) is 6.07 Å². The molecule has 0 unspecified atom stereocenters. The fourth-order valence-electron chi connectivity index (χ4n) is 0.510. The second-order valence-corrected chi connectivity index (χ2v) is 1.54. The van der Waals surface area contributed by atoms with Crippen molar-refractivity contribution in [1.82, 2.24) is 0 Å². The van der Waals surface area contributed by atoms with E-state index < -0.39 is 0 Å². The van der Waals surface area contributed by atoms with Crippen LogP contribution in [0.25, 0.3) is 0 Å². The summed E-state index contributed by atoms with van der Waals surface area (Å²) in [7, 11) is 0. The Morgan fingerprint density at radius 2 is 1.89 bits per heavy atom. The molecule has 0 aliphatic rings. The van der Waals surface area contributed by atoms with Gasteiger partial charge in [-0.3, -0.25) is 0 Å². The summed E-state index contributed by atoms with van der Waals surface area (Å²) in [5.74, 6) is 0. The van der Waals surface area contributed by atoms with E-state index in [2.05, 4.69) is 6.07 Å². The van der Waals surface area contributed by atoms with Crippen LogP contribution >= 0.6 is 0 Å². The maximum absolute atomic E-state index is 11.7. The third kappa shape index (κ3) is 3.07. The maximum Gasteiger partial charge on any atom is 0.0926 e. The van der Waals surface area contributed by atoms with E-state index in [0.29, 0.717) is 5.56 Å². The second kappa shape index (κ2) is 5.07. The standard InChI is InChI=1S/C7H6F.Y/c8-6-7-4-2-1-3-5-7;/h2-5H,6H2;/q-1;. The molecule has 0 heterocycles. The van der Waals surface area contributed by atoms with Crippen LogP contribution in [0.1, 0.15) is 5.56 Å². The second-order valence-electron chi connectivity index (χ2n) is 1.54. The number of alkyl halides is 1. The van der Waals surface area contributed by atoms with Crippen molar-refractivity contribution in [2.75, 3.05) is 0 Å². The van der Waals surface area contributed by atoms with Crippen molar-refractivity contribution < 1.29 is 37.1 Å². The van der Waals surface area contributed by atoms with Gasteiger partial charge in [0.05, 0.1) is 6.67 Å². The molecular weight excluding hydrogens is 192 g/mol. The Morgan fingerprint density at radius 1 is 1.33 bits per heavy atom. The molecule has 2 heteroatoms. The molecular formula is C7H6FY-. The van der Waals surface area contributed by atoms with E-state index in [4.69, 9.17) is 0 Å². The zero-order valence-electron chi connectivity index (χ0n) is 4.97. The van der Waals surface area contributed by atoms with Crippen molar-refractivity contribution in [2.45, 2.75) is 6.67 Å². The molecule has 0 bridgehead atoms. The first-order chi connectivity index (χ1) is 3.93. The van der Waals surface area contributed by atoms with E-state index in [1.165, 1.54) is 0 Å². The minimum absolute atomic E-state index is 0. The molecule has 1 aromatic rings. The Labute approximate surface area is 79.3 Å². The Morgan fingerprint density at radius 3 is 2.22 bits per heavy atom. The summed E-state index contributed by atoms with van der Waals surface area (Å²) in [5, 5.41) is 0. The van der Waals surface area contributed by atoms with Crippen molar-refractivity contribution >= 4 is 0 Å². The van der Waals surface area contributed by atoms with Crippen LogP contribution < -0.4 is 0 Å². The fraction of sp³-hybridized carbons (Fsp3) is 0.143. The Balaban J connectivity index is 0.000000640. The zero-order chi connectivity index (χ0) is 5.82. The van der Waals surface area contributed by atoms with Crippen LogP contribution in [-0.4, -0.2) is 0 Å². The van der Waals surface area contributed by atoms with Gasteiger partial charge in [-0.2, -0.15) is 30.3 Å². The van der Waals surface area contributed by atoms with E-state index >= 15 is 0 Å². The summed E-state index contributed by atoms with van der Waals surface area (Å²) in [6.45, 7) is -0.380. The molecule has 1 rings (SSSR count). The predicted octanol–water partition coefficient (Wildman–Crippen LogP) is 1.95. The Bertz CT molecular complexity index is 150. The maximum atomic E-state index is 11.7. The van der Waals surface area contributed by atoms with E-state index in [0.717, 1.165) is 0 Å².